The average Bonchev–Trinajstić information content (AvgIpc) is 2.76. The van der Waals surface area contributed by atoms with Crippen molar-refractivity contribution >= 4 is 5.97 Å². The number of aliphatic carboxylic acids is 1. The smallest absolute Gasteiger partial charge is 0.318 e. The Bertz CT molecular complexity index is 639. The Morgan fingerprint density at radius 1 is 0.655 bits per heavy atom. The van der Waals surface area contributed by atoms with Gasteiger partial charge in [-0.25, -0.2) is 0 Å². The van der Waals surface area contributed by atoms with Crippen LogP contribution >= 0.6 is 0 Å². The summed E-state index contributed by atoms with van der Waals surface area (Å²) in [5.74, 6) is -0.748. The molecule has 29 heavy (non-hydrogen) atoms. The monoisotopic (exact) mass is 394 g/mol. The van der Waals surface area contributed by atoms with E-state index in [2.05, 4.69) is 6.92 Å². The summed E-state index contributed by atoms with van der Waals surface area (Å²) in [6.07, 6.45) is 14.6. The van der Waals surface area contributed by atoms with Gasteiger partial charge in [0.15, 0.2) is 0 Å². The van der Waals surface area contributed by atoms with E-state index in [1.165, 1.54) is 57.8 Å². The van der Waals surface area contributed by atoms with Gasteiger partial charge < -0.3 is 5.11 Å². The van der Waals surface area contributed by atoms with Crippen molar-refractivity contribution in [1.82, 2.24) is 0 Å². The zero-order valence-corrected chi connectivity index (χ0v) is 18.1. The molecule has 0 unspecified atom stereocenters. The average molecular weight is 395 g/mol. The van der Waals surface area contributed by atoms with Crippen LogP contribution in [-0.4, -0.2) is 11.1 Å². The summed E-state index contributed by atoms with van der Waals surface area (Å²) in [6, 6.07) is 19.5. The van der Waals surface area contributed by atoms with E-state index in [0.717, 1.165) is 24.0 Å². The number of hydrogen-bond donors (Lipinski definition) is 1. The first-order valence-electron chi connectivity index (χ1n) is 11.6. The van der Waals surface area contributed by atoms with Gasteiger partial charge in [-0.1, -0.05) is 138 Å². The van der Waals surface area contributed by atoms with Gasteiger partial charge in [-0.3, -0.25) is 4.79 Å². The minimum Gasteiger partial charge on any atom is -0.480 e. The van der Waals surface area contributed by atoms with Gasteiger partial charge in [0.25, 0.3) is 0 Å². The van der Waals surface area contributed by atoms with Crippen molar-refractivity contribution in [3.05, 3.63) is 71.8 Å². The van der Waals surface area contributed by atoms with Crippen LogP contribution in [-0.2, 0) is 10.2 Å². The summed E-state index contributed by atoms with van der Waals surface area (Å²) in [5.41, 5.74) is 0.804. The molecule has 0 bridgehead atoms. The molecule has 2 aromatic rings. The summed E-state index contributed by atoms with van der Waals surface area (Å²) < 4.78 is 0. The third kappa shape index (κ3) is 7.03. The Morgan fingerprint density at radius 2 is 1.03 bits per heavy atom. The molecule has 0 aliphatic heterocycles. The molecule has 0 amide bonds. The molecule has 2 rings (SSSR count). The predicted octanol–water partition coefficient (Wildman–Crippen LogP) is 7.76. The second-order valence-electron chi connectivity index (χ2n) is 8.23. The number of benzene rings is 2. The zero-order valence-electron chi connectivity index (χ0n) is 18.1. The molecule has 2 heteroatoms. The van der Waals surface area contributed by atoms with Crippen molar-refractivity contribution in [2.75, 3.05) is 0 Å². The molecular formula is C27H38O2. The summed E-state index contributed by atoms with van der Waals surface area (Å²) in [5, 5.41) is 10.3. The number of unbranched alkanes of at least 4 members (excludes halogenated alkanes) is 10. The highest BCUT2D eigenvalue weighted by atomic mass is 16.4. The quantitative estimate of drug-likeness (QED) is 0.313. The molecule has 0 atom stereocenters. The molecule has 0 aliphatic carbocycles. The van der Waals surface area contributed by atoms with Gasteiger partial charge in [0.1, 0.15) is 5.41 Å². The maximum atomic E-state index is 12.5. The number of carboxylic acid groups (broad SMARTS) is 1. The van der Waals surface area contributed by atoms with E-state index in [4.69, 9.17) is 0 Å². The van der Waals surface area contributed by atoms with Crippen molar-refractivity contribution in [2.24, 2.45) is 0 Å². The van der Waals surface area contributed by atoms with E-state index in [1.807, 2.05) is 60.7 Å². The van der Waals surface area contributed by atoms with Gasteiger partial charge in [0, 0.05) is 0 Å². The van der Waals surface area contributed by atoms with Gasteiger partial charge in [0.2, 0.25) is 0 Å². The Labute approximate surface area is 177 Å². The SMILES string of the molecule is CCCCCCCCCCCCCC(C(=O)O)(c1ccccc1)c1ccccc1. The molecule has 0 saturated heterocycles. The van der Waals surface area contributed by atoms with Crippen molar-refractivity contribution in [3.8, 4) is 0 Å². The molecule has 0 spiro atoms. The van der Waals surface area contributed by atoms with Crippen LogP contribution in [0.3, 0.4) is 0 Å². The molecule has 0 heterocycles. The van der Waals surface area contributed by atoms with E-state index in [0.29, 0.717) is 6.42 Å². The van der Waals surface area contributed by atoms with Gasteiger partial charge in [-0.15, -0.1) is 0 Å². The third-order valence-electron chi connectivity index (χ3n) is 6.05. The summed E-state index contributed by atoms with van der Waals surface area (Å²) in [4.78, 5) is 12.5. The lowest BCUT2D eigenvalue weighted by molar-refractivity contribution is -0.142. The molecule has 0 radical (unpaired) electrons. The molecule has 0 aliphatic rings. The number of hydrogen-bond acceptors (Lipinski definition) is 1. The van der Waals surface area contributed by atoms with E-state index < -0.39 is 11.4 Å². The summed E-state index contributed by atoms with van der Waals surface area (Å²) in [6.45, 7) is 2.26. The van der Waals surface area contributed by atoms with Crippen LogP contribution in [0.4, 0.5) is 0 Å². The van der Waals surface area contributed by atoms with Gasteiger partial charge in [-0.05, 0) is 17.5 Å². The highest BCUT2D eigenvalue weighted by Crippen LogP contribution is 2.38. The maximum Gasteiger partial charge on any atom is 0.318 e. The van der Waals surface area contributed by atoms with E-state index in [1.54, 1.807) is 0 Å². The second kappa shape index (κ2) is 13.2. The Balaban J connectivity index is 1.87. The van der Waals surface area contributed by atoms with Crippen LogP contribution in [0.5, 0.6) is 0 Å². The lowest BCUT2D eigenvalue weighted by Crippen LogP contribution is -2.37. The summed E-state index contributed by atoms with van der Waals surface area (Å²) in [7, 11) is 0. The topological polar surface area (TPSA) is 37.3 Å². The van der Waals surface area contributed by atoms with Gasteiger partial charge in [0.05, 0.1) is 0 Å². The Morgan fingerprint density at radius 3 is 1.41 bits per heavy atom. The Kier molecular flexibility index (Phi) is 10.5. The van der Waals surface area contributed by atoms with Crippen LogP contribution in [0, 0.1) is 0 Å². The van der Waals surface area contributed by atoms with Crippen LogP contribution < -0.4 is 0 Å². The van der Waals surface area contributed by atoms with Gasteiger partial charge >= 0.3 is 5.97 Å². The molecule has 2 aromatic carbocycles. The highest BCUT2D eigenvalue weighted by Gasteiger charge is 2.41. The zero-order chi connectivity index (χ0) is 20.8. The van der Waals surface area contributed by atoms with Crippen LogP contribution in [0.15, 0.2) is 60.7 Å². The largest absolute Gasteiger partial charge is 0.480 e. The molecule has 2 nitrogen and oxygen atoms in total. The van der Waals surface area contributed by atoms with Crippen LogP contribution in [0.1, 0.15) is 95.1 Å². The van der Waals surface area contributed by atoms with Crippen molar-refractivity contribution in [1.29, 1.82) is 0 Å². The standard InChI is InChI=1S/C27H38O2/c1-2-3-4-5-6-7-8-9-10-11-18-23-27(26(28)29,24-19-14-12-15-20-24)25-21-16-13-17-22-25/h12-17,19-22H,2-11,18,23H2,1H3,(H,28,29). The van der Waals surface area contributed by atoms with Crippen molar-refractivity contribution < 1.29 is 9.90 Å². The predicted molar refractivity (Wildman–Crippen MR) is 122 cm³/mol. The molecule has 0 fully saturated rings. The van der Waals surface area contributed by atoms with Gasteiger partial charge in [-0.2, -0.15) is 0 Å². The minimum atomic E-state index is -0.957. The lowest BCUT2D eigenvalue weighted by Gasteiger charge is -2.31. The fourth-order valence-electron chi connectivity index (χ4n) is 4.31. The fraction of sp³-hybridized carbons (Fsp3) is 0.519. The third-order valence-corrected chi connectivity index (χ3v) is 6.05. The lowest BCUT2D eigenvalue weighted by atomic mass is 9.71. The number of rotatable bonds is 15. The van der Waals surface area contributed by atoms with E-state index >= 15 is 0 Å². The molecule has 0 saturated carbocycles. The van der Waals surface area contributed by atoms with E-state index in [9.17, 15) is 9.90 Å². The molecule has 0 aromatic heterocycles. The Hall–Kier alpha value is -2.09. The minimum absolute atomic E-state index is 0.646. The van der Waals surface area contributed by atoms with Crippen molar-refractivity contribution in [3.63, 3.8) is 0 Å². The second-order valence-corrected chi connectivity index (χ2v) is 8.23. The normalized spacial score (nSPS) is 11.5. The maximum absolute atomic E-state index is 12.5. The first-order chi connectivity index (χ1) is 14.2. The first-order valence-corrected chi connectivity index (χ1v) is 11.6. The summed E-state index contributed by atoms with van der Waals surface area (Å²) >= 11 is 0. The van der Waals surface area contributed by atoms with Crippen molar-refractivity contribution in [2.45, 2.75) is 89.4 Å². The van der Waals surface area contributed by atoms with E-state index in [-0.39, 0.29) is 0 Å². The highest BCUT2D eigenvalue weighted by molar-refractivity contribution is 5.86. The fourth-order valence-corrected chi connectivity index (χ4v) is 4.31. The molecule has 158 valence electrons. The first kappa shape index (κ1) is 23.2. The molecule has 1 N–H and O–H groups in total. The van der Waals surface area contributed by atoms with Crippen LogP contribution in [0.25, 0.3) is 0 Å². The number of carbonyl (C=O) groups is 1. The number of carboxylic acids is 1. The molecular weight excluding hydrogens is 356 g/mol. The van der Waals surface area contributed by atoms with Crippen LogP contribution in [0.2, 0.25) is 0 Å².